The van der Waals surface area contributed by atoms with Gasteiger partial charge in [-0.05, 0) is 31.9 Å². The molecule has 2 aliphatic rings. The Balaban J connectivity index is 1.73. The number of thioether (sulfide) groups is 1. The molecule has 4 heteroatoms. The van der Waals surface area contributed by atoms with Crippen LogP contribution in [0.5, 0.6) is 0 Å². The SMILES string of the molecule is Cc1ccc(C2SCCN2C(=O)C2CCCCC2)s1. The van der Waals surface area contributed by atoms with Crippen LogP contribution in [0.25, 0.3) is 0 Å². The van der Waals surface area contributed by atoms with Gasteiger partial charge in [0.1, 0.15) is 5.37 Å². The lowest BCUT2D eigenvalue weighted by atomic mass is 9.88. The number of hydrogen-bond donors (Lipinski definition) is 0. The van der Waals surface area contributed by atoms with E-state index in [4.69, 9.17) is 0 Å². The third-order valence-electron chi connectivity index (χ3n) is 4.13. The van der Waals surface area contributed by atoms with Crippen molar-refractivity contribution >= 4 is 29.0 Å². The topological polar surface area (TPSA) is 20.3 Å². The van der Waals surface area contributed by atoms with E-state index in [2.05, 4.69) is 24.0 Å². The molecule has 0 aromatic carbocycles. The largest absolute Gasteiger partial charge is 0.325 e. The molecule has 2 heterocycles. The monoisotopic (exact) mass is 295 g/mol. The van der Waals surface area contributed by atoms with E-state index < -0.39 is 0 Å². The van der Waals surface area contributed by atoms with Crippen molar-refractivity contribution < 1.29 is 4.79 Å². The molecular formula is C15H21NOS2. The van der Waals surface area contributed by atoms with Gasteiger partial charge in [-0.2, -0.15) is 0 Å². The Labute approximate surface area is 123 Å². The van der Waals surface area contributed by atoms with Crippen molar-refractivity contribution in [3.05, 3.63) is 21.9 Å². The normalized spacial score (nSPS) is 24.9. The van der Waals surface area contributed by atoms with Gasteiger partial charge in [0, 0.05) is 28.0 Å². The zero-order chi connectivity index (χ0) is 13.2. The zero-order valence-corrected chi connectivity index (χ0v) is 13.1. The van der Waals surface area contributed by atoms with Crippen molar-refractivity contribution in [2.75, 3.05) is 12.3 Å². The Bertz CT molecular complexity index is 451. The second kappa shape index (κ2) is 5.88. The highest BCUT2D eigenvalue weighted by molar-refractivity contribution is 7.99. The summed E-state index contributed by atoms with van der Waals surface area (Å²) in [7, 11) is 0. The number of thiophene rings is 1. The Morgan fingerprint density at radius 2 is 2.05 bits per heavy atom. The van der Waals surface area contributed by atoms with E-state index in [9.17, 15) is 4.79 Å². The minimum absolute atomic E-state index is 0.285. The molecule has 0 spiro atoms. The van der Waals surface area contributed by atoms with Crippen LogP contribution in [0.1, 0.15) is 47.2 Å². The molecule has 1 unspecified atom stereocenters. The van der Waals surface area contributed by atoms with E-state index in [0.29, 0.717) is 11.8 Å². The van der Waals surface area contributed by atoms with Crippen LogP contribution in [-0.2, 0) is 4.79 Å². The molecule has 1 aromatic rings. The summed E-state index contributed by atoms with van der Waals surface area (Å²) in [6, 6.07) is 4.37. The first-order valence-corrected chi connectivity index (χ1v) is 9.10. The Kier molecular flexibility index (Phi) is 4.18. The van der Waals surface area contributed by atoms with Gasteiger partial charge in [0.05, 0.1) is 0 Å². The molecule has 0 N–H and O–H groups in total. The highest BCUT2D eigenvalue weighted by Gasteiger charge is 2.35. The standard InChI is InChI=1S/C15H21NOS2/c1-11-7-8-13(19-11)15-16(9-10-18-15)14(17)12-5-3-2-4-6-12/h7-8,12,15H,2-6,9-10H2,1H3. The molecule has 2 nitrogen and oxygen atoms in total. The lowest BCUT2D eigenvalue weighted by molar-refractivity contribution is -0.136. The number of aryl methyl sites for hydroxylation is 1. The third kappa shape index (κ3) is 2.84. The fraction of sp³-hybridized carbons (Fsp3) is 0.667. The molecule has 1 saturated carbocycles. The maximum atomic E-state index is 12.7. The van der Waals surface area contributed by atoms with E-state index in [1.165, 1.54) is 29.0 Å². The average molecular weight is 295 g/mol. The number of carbonyl (C=O) groups is 1. The van der Waals surface area contributed by atoms with Crippen LogP contribution in [0.4, 0.5) is 0 Å². The minimum atomic E-state index is 0.285. The van der Waals surface area contributed by atoms with Crippen LogP contribution in [0.15, 0.2) is 12.1 Å². The van der Waals surface area contributed by atoms with Crippen molar-refractivity contribution in [2.24, 2.45) is 5.92 Å². The maximum Gasteiger partial charge on any atom is 0.226 e. The number of carbonyl (C=O) groups excluding carboxylic acids is 1. The zero-order valence-electron chi connectivity index (χ0n) is 11.4. The van der Waals surface area contributed by atoms with E-state index in [1.54, 1.807) is 0 Å². The van der Waals surface area contributed by atoms with Gasteiger partial charge >= 0.3 is 0 Å². The second-order valence-electron chi connectivity index (χ2n) is 5.54. The summed E-state index contributed by atoms with van der Waals surface area (Å²) in [6.45, 7) is 3.07. The summed E-state index contributed by atoms with van der Waals surface area (Å²) >= 11 is 3.76. The quantitative estimate of drug-likeness (QED) is 0.814. The molecule has 1 aliphatic carbocycles. The van der Waals surface area contributed by atoms with E-state index >= 15 is 0 Å². The highest BCUT2D eigenvalue weighted by Crippen LogP contribution is 2.42. The molecule has 1 aromatic heterocycles. The Hall–Kier alpha value is -0.480. The fourth-order valence-corrected chi connectivity index (χ4v) is 5.48. The number of amides is 1. The van der Waals surface area contributed by atoms with Gasteiger partial charge in [0.25, 0.3) is 0 Å². The first-order chi connectivity index (χ1) is 9.25. The molecule has 104 valence electrons. The van der Waals surface area contributed by atoms with Gasteiger partial charge in [-0.1, -0.05) is 19.3 Å². The molecule has 2 fully saturated rings. The predicted octanol–water partition coefficient (Wildman–Crippen LogP) is 4.21. The number of nitrogens with zero attached hydrogens (tertiary/aromatic N) is 1. The van der Waals surface area contributed by atoms with Crippen molar-refractivity contribution in [1.82, 2.24) is 4.90 Å². The van der Waals surface area contributed by atoms with Gasteiger partial charge < -0.3 is 4.90 Å². The van der Waals surface area contributed by atoms with Crippen molar-refractivity contribution in [1.29, 1.82) is 0 Å². The van der Waals surface area contributed by atoms with E-state index in [1.807, 2.05) is 23.1 Å². The molecule has 3 rings (SSSR count). The first kappa shape index (κ1) is 13.5. The van der Waals surface area contributed by atoms with Crippen molar-refractivity contribution in [3.8, 4) is 0 Å². The number of hydrogen-bond acceptors (Lipinski definition) is 3. The van der Waals surface area contributed by atoms with Gasteiger partial charge in [0.15, 0.2) is 0 Å². The predicted molar refractivity (Wildman–Crippen MR) is 82.5 cm³/mol. The molecule has 0 bridgehead atoms. The summed E-state index contributed by atoms with van der Waals surface area (Å²) < 4.78 is 0. The molecule has 1 atom stereocenters. The lowest BCUT2D eigenvalue weighted by Gasteiger charge is -2.29. The average Bonchev–Trinajstić information content (AvgIpc) is 3.07. The summed E-state index contributed by atoms with van der Waals surface area (Å²) in [6.07, 6.45) is 6.00. The molecule has 1 saturated heterocycles. The molecular weight excluding hydrogens is 274 g/mol. The second-order valence-corrected chi connectivity index (χ2v) is 8.05. The Morgan fingerprint density at radius 1 is 1.26 bits per heavy atom. The Morgan fingerprint density at radius 3 is 2.74 bits per heavy atom. The third-order valence-corrected chi connectivity index (χ3v) is 6.58. The van der Waals surface area contributed by atoms with Crippen LogP contribution in [0, 0.1) is 12.8 Å². The van der Waals surface area contributed by atoms with Crippen molar-refractivity contribution in [3.63, 3.8) is 0 Å². The maximum absolute atomic E-state index is 12.7. The molecule has 0 radical (unpaired) electrons. The highest BCUT2D eigenvalue weighted by atomic mass is 32.2. The van der Waals surface area contributed by atoms with Crippen molar-refractivity contribution in [2.45, 2.75) is 44.4 Å². The lowest BCUT2D eigenvalue weighted by Crippen LogP contribution is -2.36. The molecule has 1 amide bonds. The smallest absolute Gasteiger partial charge is 0.226 e. The summed E-state index contributed by atoms with van der Waals surface area (Å²) in [5.41, 5.74) is 0. The summed E-state index contributed by atoms with van der Waals surface area (Å²) in [5.74, 6) is 1.80. The molecule has 1 aliphatic heterocycles. The van der Waals surface area contributed by atoms with Crippen LogP contribution in [0.2, 0.25) is 0 Å². The van der Waals surface area contributed by atoms with E-state index in [-0.39, 0.29) is 5.37 Å². The van der Waals surface area contributed by atoms with Crippen LogP contribution < -0.4 is 0 Å². The van der Waals surface area contributed by atoms with Crippen LogP contribution >= 0.6 is 23.1 Å². The summed E-state index contributed by atoms with van der Waals surface area (Å²) in [4.78, 5) is 17.5. The molecule has 19 heavy (non-hydrogen) atoms. The fourth-order valence-electron chi connectivity index (χ4n) is 3.10. The number of rotatable bonds is 2. The minimum Gasteiger partial charge on any atom is -0.325 e. The summed E-state index contributed by atoms with van der Waals surface area (Å²) in [5, 5.41) is 0.285. The van der Waals surface area contributed by atoms with Gasteiger partial charge in [0.2, 0.25) is 5.91 Å². The van der Waals surface area contributed by atoms with E-state index in [0.717, 1.165) is 25.1 Å². The van der Waals surface area contributed by atoms with Gasteiger partial charge in [-0.25, -0.2) is 0 Å². The van der Waals surface area contributed by atoms with Crippen LogP contribution in [-0.4, -0.2) is 23.1 Å². The van der Waals surface area contributed by atoms with Crippen LogP contribution in [0.3, 0.4) is 0 Å². The van der Waals surface area contributed by atoms with Gasteiger partial charge in [-0.15, -0.1) is 23.1 Å². The van der Waals surface area contributed by atoms with Gasteiger partial charge in [-0.3, -0.25) is 4.79 Å². The first-order valence-electron chi connectivity index (χ1n) is 7.24.